The molecule has 0 N–H and O–H groups in total. The third-order valence-corrected chi connectivity index (χ3v) is 2.62. The van der Waals surface area contributed by atoms with E-state index < -0.39 is 11.9 Å². The quantitative estimate of drug-likeness (QED) is 0.787. The SMILES string of the molecule is FC(F)(F)c1cccc(OCCCc2ccncc2)n1. The molecule has 0 aliphatic carbocycles. The fraction of sp³-hybridized carbons (Fsp3) is 0.286. The van der Waals surface area contributed by atoms with Gasteiger partial charge in [0.15, 0.2) is 0 Å². The average Bonchev–Trinajstić information content (AvgIpc) is 2.44. The van der Waals surface area contributed by atoms with Crippen molar-refractivity contribution < 1.29 is 17.9 Å². The first-order valence-electron chi connectivity index (χ1n) is 6.11. The molecule has 0 bridgehead atoms. The first-order valence-corrected chi connectivity index (χ1v) is 6.11. The minimum atomic E-state index is -4.45. The molecule has 106 valence electrons. The Kier molecular flexibility index (Phi) is 4.55. The number of pyridine rings is 2. The summed E-state index contributed by atoms with van der Waals surface area (Å²) in [6, 6.07) is 7.41. The number of halogens is 3. The minimum Gasteiger partial charge on any atom is -0.478 e. The highest BCUT2D eigenvalue weighted by Gasteiger charge is 2.32. The Morgan fingerprint density at radius 3 is 2.50 bits per heavy atom. The van der Waals surface area contributed by atoms with Gasteiger partial charge in [0.25, 0.3) is 0 Å². The summed E-state index contributed by atoms with van der Waals surface area (Å²) in [4.78, 5) is 7.34. The molecule has 0 fully saturated rings. The zero-order valence-corrected chi connectivity index (χ0v) is 10.6. The fourth-order valence-electron chi connectivity index (χ4n) is 1.66. The van der Waals surface area contributed by atoms with Crippen LogP contribution in [0, 0.1) is 0 Å². The smallest absolute Gasteiger partial charge is 0.433 e. The van der Waals surface area contributed by atoms with E-state index in [1.54, 1.807) is 12.4 Å². The van der Waals surface area contributed by atoms with E-state index in [4.69, 9.17) is 4.74 Å². The summed E-state index contributed by atoms with van der Waals surface area (Å²) in [6.07, 6.45) is 0.426. The molecule has 0 aliphatic rings. The number of hydrogen-bond acceptors (Lipinski definition) is 3. The lowest BCUT2D eigenvalue weighted by atomic mass is 10.1. The fourth-order valence-corrected chi connectivity index (χ4v) is 1.66. The van der Waals surface area contributed by atoms with Gasteiger partial charge in [0.2, 0.25) is 5.88 Å². The Balaban J connectivity index is 1.83. The summed E-state index contributed by atoms with van der Waals surface area (Å²) >= 11 is 0. The van der Waals surface area contributed by atoms with Crippen LogP contribution in [0.4, 0.5) is 13.2 Å². The van der Waals surface area contributed by atoms with E-state index in [2.05, 4.69) is 9.97 Å². The number of rotatable bonds is 5. The number of alkyl halides is 3. The first kappa shape index (κ1) is 14.3. The molecule has 0 aliphatic heterocycles. The van der Waals surface area contributed by atoms with Gasteiger partial charge < -0.3 is 4.74 Å². The molecule has 0 amide bonds. The second-order valence-electron chi connectivity index (χ2n) is 4.17. The molecule has 2 rings (SSSR count). The number of nitrogens with zero attached hydrogens (tertiary/aromatic N) is 2. The number of aryl methyl sites for hydroxylation is 1. The average molecular weight is 282 g/mol. The lowest BCUT2D eigenvalue weighted by molar-refractivity contribution is -0.141. The summed E-state index contributed by atoms with van der Waals surface area (Å²) in [5.74, 6) is -0.00504. The molecule has 0 aromatic carbocycles. The van der Waals surface area contributed by atoms with Crippen LogP contribution in [0.1, 0.15) is 17.7 Å². The number of hydrogen-bond donors (Lipinski definition) is 0. The van der Waals surface area contributed by atoms with Crippen LogP contribution in [0.15, 0.2) is 42.7 Å². The van der Waals surface area contributed by atoms with E-state index >= 15 is 0 Å². The Labute approximate surface area is 114 Å². The summed E-state index contributed by atoms with van der Waals surface area (Å²) in [6.45, 7) is 0.316. The Bertz CT molecular complexity index is 544. The topological polar surface area (TPSA) is 35.0 Å². The first-order chi connectivity index (χ1) is 9.55. The maximum absolute atomic E-state index is 12.5. The number of ether oxygens (including phenoxy) is 1. The molecule has 20 heavy (non-hydrogen) atoms. The Morgan fingerprint density at radius 2 is 1.80 bits per heavy atom. The Morgan fingerprint density at radius 1 is 1.05 bits per heavy atom. The summed E-state index contributed by atoms with van der Waals surface area (Å²) in [5.41, 5.74) is 0.171. The molecule has 2 aromatic heterocycles. The van der Waals surface area contributed by atoms with Crippen molar-refractivity contribution >= 4 is 0 Å². The molecule has 2 aromatic rings. The molecular weight excluding hydrogens is 269 g/mol. The van der Waals surface area contributed by atoms with Gasteiger partial charge in [-0.2, -0.15) is 13.2 Å². The molecule has 0 radical (unpaired) electrons. The minimum absolute atomic E-state index is 0.00504. The molecule has 6 heteroatoms. The van der Waals surface area contributed by atoms with Crippen molar-refractivity contribution in [3.8, 4) is 5.88 Å². The largest absolute Gasteiger partial charge is 0.478 e. The van der Waals surface area contributed by atoms with Gasteiger partial charge in [-0.1, -0.05) is 6.07 Å². The normalized spacial score (nSPS) is 11.3. The van der Waals surface area contributed by atoms with Gasteiger partial charge >= 0.3 is 6.18 Å². The number of aromatic nitrogens is 2. The monoisotopic (exact) mass is 282 g/mol. The predicted molar refractivity (Wildman–Crippen MR) is 67.3 cm³/mol. The van der Waals surface area contributed by atoms with Crippen LogP contribution in [0.3, 0.4) is 0 Å². The molecule has 2 heterocycles. The highest BCUT2D eigenvalue weighted by atomic mass is 19.4. The molecule has 0 atom stereocenters. The standard InChI is InChI=1S/C14H13F3N2O/c15-14(16,17)12-4-1-5-13(19-12)20-10-2-3-11-6-8-18-9-7-11/h1,4-9H,2-3,10H2. The van der Waals surface area contributed by atoms with Gasteiger partial charge in [-0.15, -0.1) is 0 Å². The maximum atomic E-state index is 12.5. The van der Waals surface area contributed by atoms with Crippen LogP contribution in [0.5, 0.6) is 5.88 Å². The summed E-state index contributed by atoms with van der Waals surface area (Å²) in [5, 5.41) is 0. The molecular formula is C14H13F3N2O. The van der Waals surface area contributed by atoms with Gasteiger partial charge in [-0.25, -0.2) is 4.98 Å². The molecule has 0 saturated heterocycles. The van der Waals surface area contributed by atoms with Crippen molar-refractivity contribution in [1.82, 2.24) is 9.97 Å². The van der Waals surface area contributed by atoms with E-state index in [9.17, 15) is 13.2 Å². The van der Waals surface area contributed by atoms with E-state index in [-0.39, 0.29) is 5.88 Å². The molecule has 0 spiro atoms. The molecule has 0 saturated carbocycles. The van der Waals surface area contributed by atoms with E-state index in [1.165, 1.54) is 12.1 Å². The lowest BCUT2D eigenvalue weighted by Gasteiger charge is -2.09. The Hall–Kier alpha value is -2.11. The third-order valence-electron chi connectivity index (χ3n) is 2.62. The highest BCUT2D eigenvalue weighted by molar-refractivity contribution is 5.17. The molecule has 3 nitrogen and oxygen atoms in total. The van der Waals surface area contributed by atoms with Crippen LogP contribution in [-0.4, -0.2) is 16.6 Å². The van der Waals surface area contributed by atoms with E-state index in [0.29, 0.717) is 13.0 Å². The van der Waals surface area contributed by atoms with Crippen LogP contribution in [0.2, 0.25) is 0 Å². The van der Waals surface area contributed by atoms with Crippen LogP contribution >= 0.6 is 0 Å². The lowest BCUT2D eigenvalue weighted by Crippen LogP contribution is -2.09. The second kappa shape index (κ2) is 6.36. The van der Waals surface area contributed by atoms with Gasteiger partial charge in [-0.05, 0) is 36.6 Å². The van der Waals surface area contributed by atoms with Crippen LogP contribution < -0.4 is 4.74 Å². The van der Waals surface area contributed by atoms with Crippen molar-refractivity contribution in [2.24, 2.45) is 0 Å². The van der Waals surface area contributed by atoms with Crippen molar-refractivity contribution in [3.05, 3.63) is 54.0 Å². The van der Waals surface area contributed by atoms with Crippen molar-refractivity contribution in [1.29, 1.82) is 0 Å². The van der Waals surface area contributed by atoms with E-state index in [1.807, 2.05) is 12.1 Å². The van der Waals surface area contributed by atoms with Gasteiger partial charge in [0, 0.05) is 18.5 Å². The van der Waals surface area contributed by atoms with E-state index in [0.717, 1.165) is 18.1 Å². The van der Waals surface area contributed by atoms with Crippen LogP contribution in [-0.2, 0) is 12.6 Å². The van der Waals surface area contributed by atoms with Gasteiger partial charge in [0.05, 0.1) is 6.61 Å². The zero-order chi connectivity index (χ0) is 14.4. The third kappa shape index (κ3) is 4.22. The highest BCUT2D eigenvalue weighted by Crippen LogP contribution is 2.28. The van der Waals surface area contributed by atoms with Gasteiger partial charge in [0.1, 0.15) is 5.69 Å². The summed E-state index contributed by atoms with van der Waals surface area (Å²) in [7, 11) is 0. The zero-order valence-electron chi connectivity index (χ0n) is 10.6. The predicted octanol–water partition coefficient (Wildman–Crippen LogP) is 3.51. The summed E-state index contributed by atoms with van der Waals surface area (Å²) < 4.78 is 42.6. The van der Waals surface area contributed by atoms with Crippen molar-refractivity contribution in [3.63, 3.8) is 0 Å². The van der Waals surface area contributed by atoms with Crippen molar-refractivity contribution in [2.75, 3.05) is 6.61 Å². The maximum Gasteiger partial charge on any atom is 0.433 e. The van der Waals surface area contributed by atoms with Crippen molar-refractivity contribution in [2.45, 2.75) is 19.0 Å². The second-order valence-corrected chi connectivity index (χ2v) is 4.17. The van der Waals surface area contributed by atoms with Crippen LogP contribution in [0.25, 0.3) is 0 Å². The van der Waals surface area contributed by atoms with Gasteiger partial charge in [-0.3, -0.25) is 4.98 Å². The molecule has 0 unspecified atom stereocenters.